The molecule has 2 atom stereocenters. The molecule has 3 heterocycles. The number of methoxy groups -OCH3 is 1. The number of thioether (sulfide) groups is 1. The molecule has 0 amide bonds. The number of nitrogens with zero attached hydrogens (tertiary/aromatic N) is 3. The number of rotatable bonds is 8. The van der Waals surface area contributed by atoms with E-state index in [9.17, 15) is 9.59 Å². The number of ether oxygens (including phenoxy) is 2. The number of carbonyl (C=O) groups excluding carboxylic acids is 2. The first-order chi connectivity index (χ1) is 17.4. The summed E-state index contributed by atoms with van der Waals surface area (Å²) in [5.74, 6) is 1.25. The zero-order valence-electron chi connectivity index (χ0n) is 20.2. The number of esters is 1. The summed E-state index contributed by atoms with van der Waals surface area (Å²) in [5.41, 5.74) is 0.218. The molecule has 1 saturated heterocycles. The highest BCUT2D eigenvalue weighted by molar-refractivity contribution is 8.01. The van der Waals surface area contributed by atoms with Gasteiger partial charge >= 0.3 is 5.97 Å². The number of hydrogen-bond acceptors (Lipinski definition) is 8. The Morgan fingerprint density at radius 2 is 2.03 bits per heavy atom. The van der Waals surface area contributed by atoms with Crippen LogP contribution in [0.4, 0.5) is 0 Å². The maximum Gasteiger partial charge on any atom is 0.327 e. The Bertz CT molecular complexity index is 1230. The summed E-state index contributed by atoms with van der Waals surface area (Å²) < 4.78 is 18.6. The lowest BCUT2D eigenvalue weighted by Crippen LogP contribution is -2.53. The van der Waals surface area contributed by atoms with E-state index in [4.69, 9.17) is 25.5 Å². The molecule has 2 aromatic heterocycles. The van der Waals surface area contributed by atoms with Crippen molar-refractivity contribution in [2.24, 2.45) is 13.0 Å². The molecule has 1 aromatic carbocycles. The first-order valence-corrected chi connectivity index (χ1v) is 13.3. The van der Waals surface area contributed by atoms with Crippen molar-refractivity contribution in [3.63, 3.8) is 0 Å². The number of aryl methyl sites for hydroxylation is 1. The lowest BCUT2D eigenvalue weighted by Gasteiger charge is -2.42. The standard InChI is InChI=1S/C26H28ClN3O5S/c1-30-23(21-8-5-13-34-21)28-29-25(30)36-22-19(31)15-26(35-24(22)32,17-6-3-4-7-17)12-11-16-9-10-20(33-2)18(27)14-16/h5,8-10,13-14,17,22H,3-4,6-7,11-12,15H2,1-2H3. The number of halogens is 1. The fourth-order valence-corrected chi connectivity index (χ4v) is 6.49. The van der Waals surface area contributed by atoms with E-state index in [1.807, 2.05) is 18.2 Å². The monoisotopic (exact) mass is 529 g/mol. The van der Waals surface area contributed by atoms with Gasteiger partial charge in [-0.1, -0.05) is 42.3 Å². The minimum Gasteiger partial charge on any atom is -0.495 e. The van der Waals surface area contributed by atoms with Gasteiger partial charge in [-0.25, -0.2) is 0 Å². The van der Waals surface area contributed by atoms with Crippen LogP contribution in [0.1, 0.15) is 44.1 Å². The van der Waals surface area contributed by atoms with Crippen LogP contribution in [-0.2, 0) is 27.8 Å². The van der Waals surface area contributed by atoms with Gasteiger partial charge in [0.1, 0.15) is 11.4 Å². The van der Waals surface area contributed by atoms with Gasteiger partial charge in [-0.3, -0.25) is 9.59 Å². The molecule has 2 aliphatic rings. The Morgan fingerprint density at radius 3 is 2.69 bits per heavy atom. The van der Waals surface area contributed by atoms with Gasteiger partial charge in [0, 0.05) is 13.5 Å². The van der Waals surface area contributed by atoms with E-state index in [0.29, 0.717) is 40.4 Å². The second kappa shape index (κ2) is 10.3. The van der Waals surface area contributed by atoms with Gasteiger partial charge < -0.3 is 18.5 Å². The van der Waals surface area contributed by atoms with E-state index in [0.717, 1.165) is 43.0 Å². The number of cyclic esters (lactones) is 1. The summed E-state index contributed by atoms with van der Waals surface area (Å²) in [7, 11) is 3.36. The van der Waals surface area contributed by atoms with E-state index < -0.39 is 16.8 Å². The topological polar surface area (TPSA) is 96.5 Å². The van der Waals surface area contributed by atoms with Gasteiger partial charge in [0.15, 0.2) is 27.8 Å². The molecule has 0 N–H and O–H groups in total. The number of hydrogen-bond donors (Lipinski definition) is 0. The van der Waals surface area contributed by atoms with Crippen LogP contribution in [0.3, 0.4) is 0 Å². The molecule has 5 rings (SSSR count). The van der Waals surface area contributed by atoms with E-state index in [-0.39, 0.29) is 18.1 Å². The second-order valence-electron chi connectivity index (χ2n) is 9.42. The molecule has 0 spiro atoms. The molecule has 2 fully saturated rings. The molecular weight excluding hydrogens is 502 g/mol. The van der Waals surface area contributed by atoms with Gasteiger partial charge in [0.25, 0.3) is 0 Å². The highest BCUT2D eigenvalue weighted by Crippen LogP contribution is 2.46. The fourth-order valence-electron chi connectivity index (χ4n) is 5.31. The number of furan rings is 1. The fraction of sp³-hybridized carbons (Fsp3) is 0.462. The number of carbonyl (C=O) groups is 2. The first kappa shape index (κ1) is 24.9. The quantitative estimate of drug-likeness (QED) is 0.287. The Balaban J connectivity index is 1.33. The van der Waals surface area contributed by atoms with Crippen molar-refractivity contribution in [2.45, 2.75) is 61.0 Å². The maximum atomic E-state index is 13.4. The molecule has 0 bridgehead atoms. The van der Waals surface area contributed by atoms with Gasteiger partial charge in [0.2, 0.25) is 0 Å². The van der Waals surface area contributed by atoms with E-state index in [2.05, 4.69) is 10.2 Å². The van der Waals surface area contributed by atoms with Crippen molar-refractivity contribution < 1.29 is 23.5 Å². The van der Waals surface area contributed by atoms with Crippen LogP contribution in [0.15, 0.2) is 46.2 Å². The van der Waals surface area contributed by atoms with Crippen molar-refractivity contribution in [3.8, 4) is 17.3 Å². The predicted octanol–water partition coefficient (Wildman–Crippen LogP) is 5.28. The summed E-state index contributed by atoms with van der Waals surface area (Å²) in [5, 5.41) is 8.37. The maximum absolute atomic E-state index is 13.4. The average molecular weight is 530 g/mol. The van der Waals surface area contributed by atoms with Crippen LogP contribution in [0.25, 0.3) is 11.6 Å². The van der Waals surface area contributed by atoms with Gasteiger partial charge in [-0.05, 0) is 61.4 Å². The van der Waals surface area contributed by atoms with Crippen LogP contribution < -0.4 is 4.74 Å². The number of ketones is 1. The number of Topliss-reactive ketones (excluding diaryl/α,β-unsaturated/α-hetero) is 1. The van der Waals surface area contributed by atoms with Crippen LogP contribution >= 0.6 is 23.4 Å². The lowest BCUT2D eigenvalue weighted by molar-refractivity contribution is -0.177. The predicted molar refractivity (Wildman–Crippen MR) is 135 cm³/mol. The smallest absolute Gasteiger partial charge is 0.327 e. The zero-order valence-corrected chi connectivity index (χ0v) is 21.8. The van der Waals surface area contributed by atoms with Crippen molar-refractivity contribution in [1.29, 1.82) is 0 Å². The molecular formula is C26H28ClN3O5S. The summed E-state index contributed by atoms with van der Waals surface area (Å²) >= 11 is 7.40. The van der Waals surface area contributed by atoms with Crippen LogP contribution in [0.5, 0.6) is 5.75 Å². The molecule has 0 radical (unpaired) electrons. The van der Waals surface area contributed by atoms with E-state index >= 15 is 0 Å². The molecule has 3 aromatic rings. The Hall–Kier alpha value is -2.78. The Labute approximate surface area is 218 Å². The van der Waals surface area contributed by atoms with Crippen molar-refractivity contribution in [3.05, 3.63) is 47.2 Å². The molecule has 1 saturated carbocycles. The van der Waals surface area contributed by atoms with E-state index in [1.165, 1.54) is 0 Å². The Morgan fingerprint density at radius 1 is 1.22 bits per heavy atom. The van der Waals surface area contributed by atoms with Crippen molar-refractivity contribution in [1.82, 2.24) is 14.8 Å². The van der Waals surface area contributed by atoms with Crippen molar-refractivity contribution >= 4 is 35.1 Å². The average Bonchev–Trinajstić information content (AvgIpc) is 3.63. The van der Waals surface area contributed by atoms with Gasteiger partial charge in [0.05, 0.1) is 18.4 Å². The lowest BCUT2D eigenvalue weighted by atomic mass is 9.76. The minimum absolute atomic E-state index is 0.126. The molecule has 190 valence electrons. The third kappa shape index (κ3) is 4.78. The highest BCUT2D eigenvalue weighted by Gasteiger charge is 2.52. The normalized spacial score (nSPS) is 22.7. The molecule has 8 nitrogen and oxygen atoms in total. The third-order valence-electron chi connectivity index (χ3n) is 7.24. The zero-order chi connectivity index (χ0) is 25.3. The number of benzene rings is 1. The van der Waals surface area contributed by atoms with E-state index in [1.54, 1.807) is 37.1 Å². The minimum atomic E-state index is -0.970. The largest absolute Gasteiger partial charge is 0.495 e. The summed E-state index contributed by atoms with van der Waals surface area (Å²) in [4.78, 5) is 26.7. The van der Waals surface area contributed by atoms with Crippen LogP contribution in [-0.4, -0.2) is 44.5 Å². The van der Waals surface area contributed by atoms with Crippen LogP contribution in [0, 0.1) is 5.92 Å². The van der Waals surface area contributed by atoms with Crippen LogP contribution in [0.2, 0.25) is 5.02 Å². The first-order valence-electron chi connectivity index (χ1n) is 12.1. The van der Waals surface area contributed by atoms with Crippen molar-refractivity contribution in [2.75, 3.05) is 7.11 Å². The summed E-state index contributed by atoms with van der Waals surface area (Å²) in [6.45, 7) is 0. The third-order valence-corrected chi connectivity index (χ3v) is 8.79. The molecule has 36 heavy (non-hydrogen) atoms. The molecule has 1 aliphatic heterocycles. The molecule has 1 aliphatic carbocycles. The Kier molecular flexibility index (Phi) is 7.12. The SMILES string of the molecule is COc1ccc(CCC2(C3CCCC3)CC(=O)C(Sc3nnc(-c4ccco4)n3C)C(=O)O2)cc1Cl. The molecule has 10 heteroatoms. The summed E-state index contributed by atoms with van der Waals surface area (Å²) in [6, 6.07) is 9.22. The van der Waals surface area contributed by atoms with Gasteiger partial charge in [-0.2, -0.15) is 0 Å². The van der Waals surface area contributed by atoms with Gasteiger partial charge in [-0.15, -0.1) is 10.2 Å². The second-order valence-corrected chi connectivity index (χ2v) is 10.9. The highest BCUT2D eigenvalue weighted by atomic mass is 35.5. The number of aromatic nitrogens is 3. The molecule has 2 unspecified atom stereocenters. The summed E-state index contributed by atoms with van der Waals surface area (Å²) in [6.07, 6.45) is 7.05.